The highest BCUT2D eigenvalue weighted by atomic mass is 16.5. The highest BCUT2D eigenvalue weighted by Gasteiger charge is 2.30. The molecule has 24 heavy (non-hydrogen) atoms. The van der Waals surface area contributed by atoms with E-state index >= 15 is 0 Å². The number of carbonyl (C=O) groups excluding carboxylic acids is 1. The van der Waals surface area contributed by atoms with Gasteiger partial charge < -0.3 is 15.0 Å². The largest absolute Gasteiger partial charge is 0.375 e. The summed E-state index contributed by atoms with van der Waals surface area (Å²) in [5, 5.41) is 7.28. The van der Waals surface area contributed by atoms with E-state index in [1.54, 1.807) is 11.0 Å². The van der Waals surface area contributed by atoms with Gasteiger partial charge in [0.25, 0.3) is 0 Å². The Kier molecular flexibility index (Phi) is 5.10. The lowest BCUT2D eigenvalue weighted by atomic mass is 10.1. The van der Waals surface area contributed by atoms with Crippen LogP contribution in [0, 0.1) is 0 Å². The summed E-state index contributed by atoms with van der Waals surface area (Å²) >= 11 is 0. The summed E-state index contributed by atoms with van der Waals surface area (Å²) in [7, 11) is 0. The summed E-state index contributed by atoms with van der Waals surface area (Å²) in [6.45, 7) is 5.71. The van der Waals surface area contributed by atoms with Crippen LogP contribution in [-0.2, 0) is 11.3 Å². The fourth-order valence-electron chi connectivity index (χ4n) is 2.89. The van der Waals surface area contributed by atoms with Crippen LogP contribution >= 0.6 is 0 Å². The third-order valence-electron chi connectivity index (χ3n) is 4.48. The SMILES string of the molecule is C[C@@H]1OCCN(C(=O)N[C@@H](Cn2cncn2)c2ccccc2)[C@H]1C. The van der Waals surface area contributed by atoms with Crippen LogP contribution in [-0.4, -0.2) is 51.0 Å². The highest BCUT2D eigenvalue weighted by Crippen LogP contribution is 2.18. The first kappa shape index (κ1) is 16.4. The minimum absolute atomic E-state index is 0.0370. The van der Waals surface area contributed by atoms with E-state index in [-0.39, 0.29) is 24.2 Å². The van der Waals surface area contributed by atoms with E-state index in [0.717, 1.165) is 5.56 Å². The van der Waals surface area contributed by atoms with E-state index in [4.69, 9.17) is 4.74 Å². The second-order valence-electron chi connectivity index (χ2n) is 6.04. The van der Waals surface area contributed by atoms with Crippen molar-refractivity contribution in [3.63, 3.8) is 0 Å². The van der Waals surface area contributed by atoms with Crippen LogP contribution in [0.4, 0.5) is 4.79 Å². The van der Waals surface area contributed by atoms with Crippen molar-refractivity contribution in [1.29, 1.82) is 0 Å². The number of benzene rings is 1. The van der Waals surface area contributed by atoms with E-state index in [1.807, 2.05) is 49.1 Å². The third kappa shape index (κ3) is 3.73. The van der Waals surface area contributed by atoms with Gasteiger partial charge in [-0.25, -0.2) is 9.78 Å². The summed E-state index contributed by atoms with van der Waals surface area (Å²) in [5.74, 6) is 0. The molecule has 0 radical (unpaired) electrons. The Bertz CT molecular complexity index is 646. The van der Waals surface area contributed by atoms with E-state index in [9.17, 15) is 4.79 Å². The summed E-state index contributed by atoms with van der Waals surface area (Å²) in [4.78, 5) is 18.6. The molecule has 2 aromatic rings. The molecule has 2 heterocycles. The van der Waals surface area contributed by atoms with Crippen LogP contribution in [0.5, 0.6) is 0 Å². The highest BCUT2D eigenvalue weighted by molar-refractivity contribution is 5.75. The van der Waals surface area contributed by atoms with Gasteiger partial charge in [-0.3, -0.25) is 4.68 Å². The van der Waals surface area contributed by atoms with E-state index in [0.29, 0.717) is 19.7 Å². The standard InChI is InChI=1S/C17H23N5O2/c1-13-14(2)24-9-8-22(13)17(23)20-16(10-21-12-18-11-19-21)15-6-4-3-5-7-15/h3-7,11-14,16H,8-10H2,1-2H3,(H,20,23)/t13-,14-,16-/m0/s1. The van der Waals surface area contributed by atoms with Crippen LogP contribution in [0.2, 0.25) is 0 Å². The van der Waals surface area contributed by atoms with Gasteiger partial charge in [0, 0.05) is 6.54 Å². The Morgan fingerprint density at radius 2 is 2.17 bits per heavy atom. The zero-order valence-corrected chi connectivity index (χ0v) is 14.0. The van der Waals surface area contributed by atoms with E-state index in [2.05, 4.69) is 15.4 Å². The van der Waals surface area contributed by atoms with Crippen LogP contribution in [0.3, 0.4) is 0 Å². The number of rotatable bonds is 4. The first-order valence-corrected chi connectivity index (χ1v) is 8.21. The Balaban J connectivity index is 1.74. The molecular formula is C17H23N5O2. The molecule has 0 unspecified atom stereocenters. The smallest absolute Gasteiger partial charge is 0.318 e. The van der Waals surface area contributed by atoms with Crippen molar-refractivity contribution < 1.29 is 9.53 Å². The van der Waals surface area contributed by atoms with Crippen molar-refractivity contribution in [2.45, 2.75) is 38.6 Å². The number of nitrogens with one attached hydrogen (secondary N) is 1. The second kappa shape index (κ2) is 7.44. The Morgan fingerprint density at radius 1 is 1.38 bits per heavy atom. The van der Waals surface area contributed by atoms with Crippen LogP contribution < -0.4 is 5.32 Å². The van der Waals surface area contributed by atoms with Crippen LogP contribution in [0.25, 0.3) is 0 Å². The van der Waals surface area contributed by atoms with Crippen molar-refractivity contribution >= 4 is 6.03 Å². The number of ether oxygens (including phenoxy) is 1. The zero-order chi connectivity index (χ0) is 16.9. The lowest BCUT2D eigenvalue weighted by molar-refractivity contribution is -0.0380. The number of hydrogen-bond acceptors (Lipinski definition) is 4. The van der Waals surface area contributed by atoms with Gasteiger partial charge >= 0.3 is 6.03 Å². The molecule has 0 aliphatic carbocycles. The Hall–Kier alpha value is -2.41. The fourth-order valence-corrected chi connectivity index (χ4v) is 2.89. The summed E-state index contributed by atoms with van der Waals surface area (Å²) < 4.78 is 7.33. The van der Waals surface area contributed by atoms with Crippen LogP contribution in [0.1, 0.15) is 25.5 Å². The van der Waals surface area contributed by atoms with Gasteiger partial charge in [0.05, 0.1) is 31.3 Å². The number of urea groups is 1. The zero-order valence-electron chi connectivity index (χ0n) is 14.0. The summed E-state index contributed by atoms with van der Waals surface area (Å²) in [5.41, 5.74) is 1.04. The maximum Gasteiger partial charge on any atom is 0.318 e. The molecule has 7 heteroatoms. The fraction of sp³-hybridized carbons (Fsp3) is 0.471. The van der Waals surface area contributed by atoms with E-state index in [1.165, 1.54) is 6.33 Å². The molecule has 0 spiro atoms. The molecule has 128 valence electrons. The molecule has 1 N–H and O–H groups in total. The molecular weight excluding hydrogens is 306 g/mol. The molecule has 7 nitrogen and oxygen atoms in total. The Labute approximate surface area is 141 Å². The number of aromatic nitrogens is 3. The van der Waals surface area contributed by atoms with Gasteiger partial charge in [0.2, 0.25) is 0 Å². The van der Waals surface area contributed by atoms with Crippen molar-refractivity contribution in [3.05, 3.63) is 48.5 Å². The average Bonchev–Trinajstić information content (AvgIpc) is 3.10. The van der Waals surface area contributed by atoms with Gasteiger partial charge in [-0.15, -0.1) is 0 Å². The molecule has 1 saturated heterocycles. The average molecular weight is 329 g/mol. The topological polar surface area (TPSA) is 72.3 Å². The molecule has 1 fully saturated rings. The minimum atomic E-state index is -0.175. The van der Waals surface area contributed by atoms with Crippen molar-refractivity contribution in [2.24, 2.45) is 0 Å². The van der Waals surface area contributed by atoms with Gasteiger partial charge in [-0.2, -0.15) is 5.10 Å². The first-order valence-electron chi connectivity index (χ1n) is 8.21. The van der Waals surface area contributed by atoms with Crippen molar-refractivity contribution in [1.82, 2.24) is 25.0 Å². The quantitative estimate of drug-likeness (QED) is 0.929. The summed E-state index contributed by atoms with van der Waals surface area (Å²) in [6.07, 6.45) is 3.19. The van der Waals surface area contributed by atoms with Crippen LogP contribution in [0.15, 0.2) is 43.0 Å². The molecule has 0 saturated carbocycles. The van der Waals surface area contributed by atoms with Gasteiger partial charge in [-0.1, -0.05) is 30.3 Å². The molecule has 1 aliphatic heterocycles. The van der Waals surface area contributed by atoms with Gasteiger partial charge in [-0.05, 0) is 19.4 Å². The predicted octanol–water partition coefficient (Wildman–Crippen LogP) is 1.84. The second-order valence-corrected chi connectivity index (χ2v) is 6.04. The Morgan fingerprint density at radius 3 is 2.88 bits per heavy atom. The monoisotopic (exact) mass is 329 g/mol. The third-order valence-corrected chi connectivity index (χ3v) is 4.48. The predicted molar refractivity (Wildman–Crippen MR) is 89.3 cm³/mol. The van der Waals surface area contributed by atoms with Crippen molar-refractivity contribution in [2.75, 3.05) is 13.2 Å². The minimum Gasteiger partial charge on any atom is -0.375 e. The lowest BCUT2D eigenvalue weighted by Crippen LogP contribution is -2.55. The molecule has 0 bridgehead atoms. The molecule has 3 atom stereocenters. The van der Waals surface area contributed by atoms with E-state index < -0.39 is 0 Å². The summed E-state index contributed by atoms with van der Waals surface area (Å²) in [6, 6.07) is 9.70. The molecule has 1 aliphatic rings. The number of carbonyl (C=O) groups is 1. The maximum absolute atomic E-state index is 12.8. The number of hydrogen-bond donors (Lipinski definition) is 1. The first-order chi connectivity index (χ1) is 11.6. The number of amides is 2. The number of morpholine rings is 1. The molecule has 1 aromatic carbocycles. The molecule has 2 amide bonds. The van der Waals surface area contributed by atoms with Crippen molar-refractivity contribution in [3.8, 4) is 0 Å². The molecule has 3 rings (SSSR count). The number of nitrogens with zero attached hydrogens (tertiary/aromatic N) is 4. The van der Waals surface area contributed by atoms with Gasteiger partial charge in [0.1, 0.15) is 12.7 Å². The molecule has 1 aromatic heterocycles. The maximum atomic E-state index is 12.8. The normalized spacial score (nSPS) is 22.2. The van der Waals surface area contributed by atoms with Gasteiger partial charge in [0.15, 0.2) is 0 Å². The lowest BCUT2D eigenvalue weighted by Gasteiger charge is -2.38.